The molecule has 0 atom stereocenters. The summed E-state index contributed by atoms with van der Waals surface area (Å²) in [5.41, 5.74) is 4.89. The van der Waals surface area contributed by atoms with Gasteiger partial charge in [0, 0.05) is 15.0 Å². The van der Waals surface area contributed by atoms with Crippen molar-refractivity contribution in [3.05, 3.63) is 76.7 Å². The topological polar surface area (TPSA) is 0 Å². The van der Waals surface area contributed by atoms with Crippen molar-refractivity contribution >= 4 is 39.7 Å². The first-order chi connectivity index (χ1) is 10.6. The van der Waals surface area contributed by atoms with Crippen LogP contribution in [0.25, 0.3) is 28.3 Å². The Bertz CT molecular complexity index is 795. The normalized spacial score (nSPS) is 13.0. The maximum atomic E-state index is 3.93. The molecule has 0 saturated heterocycles. The van der Waals surface area contributed by atoms with Crippen LogP contribution in [0.1, 0.15) is 36.8 Å². The van der Waals surface area contributed by atoms with Gasteiger partial charge in [-0.2, -0.15) is 0 Å². The third-order valence-electron chi connectivity index (χ3n) is 3.67. The minimum Gasteiger partial charge on any atom is -0.135 e. The number of fused-ring (bicyclic) bond motifs is 1. The quantitative estimate of drug-likeness (QED) is 0.516. The van der Waals surface area contributed by atoms with Gasteiger partial charge in [-0.3, -0.25) is 0 Å². The molecule has 1 heterocycles. The van der Waals surface area contributed by atoms with E-state index in [2.05, 4.69) is 62.6 Å². The van der Waals surface area contributed by atoms with Crippen LogP contribution in [0.3, 0.4) is 0 Å². The third-order valence-corrected chi connectivity index (χ3v) is 4.83. The maximum Gasteiger partial charge on any atom is 0.0361 e. The maximum absolute atomic E-state index is 3.93. The van der Waals surface area contributed by atoms with Crippen LogP contribution in [0.2, 0.25) is 0 Å². The van der Waals surface area contributed by atoms with Crippen molar-refractivity contribution in [2.24, 2.45) is 0 Å². The molecule has 0 fully saturated rings. The highest BCUT2D eigenvalue weighted by atomic mass is 32.1. The van der Waals surface area contributed by atoms with E-state index in [0.717, 1.165) is 0 Å². The summed E-state index contributed by atoms with van der Waals surface area (Å²) in [6.07, 6.45) is 12.4. The fourth-order valence-electron chi connectivity index (χ4n) is 2.57. The fourth-order valence-corrected chi connectivity index (χ4v) is 3.66. The highest BCUT2D eigenvalue weighted by Crippen LogP contribution is 2.34. The number of thiophene rings is 1. The number of hydrogen-bond donors (Lipinski definition) is 0. The lowest BCUT2D eigenvalue weighted by Gasteiger charge is -2.02. The lowest BCUT2D eigenvalue weighted by molar-refractivity contribution is 1.43. The third kappa shape index (κ3) is 3.20. The second-order valence-corrected chi connectivity index (χ2v) is 6.20. The second kappa shape index (κ2) is 7.24. The van der Waals surface area contributed by atoms with Gasteiger partial charge in [0.2, 0.25) is 0 Å². The van der Waals surface area contributed by atoms with Crippen molar-refractivity contribution in [3.8, 4) is 0 Å². The molecule has 22 heavy (non-hydrogen) atoms. The van der Waals surface area contributed by atoms with E-state index in [1.807, 2.05) is 26.0 Å². The van der Waals surface area contributed by atoms with Crippen molar-refractivity contribution < 1.29 is 0 Å². The molecule has 0 nitrogen and oxygen atoms in total. The van der Waals surface area contributed by atoms with Gasteiger partial charge < -0.3 is 0 Å². The molecule has 0 saturated carbocycles. The van der Waals surface area contributed by atoms with Crippen LogP contribution in [-0.2, 0) is 0 Å². The first-order valence-corrected chi connectivity index (χ1v) is 8.25. The smallest absolute Gasteiger partial charge is 0.0361 e. The average Bonchev–Trinajstić information content (AvgIpc) is 2.86. The molecule has 0 bridgehead atoms. The van der Waals surface area contributed by atoms with Crippen LogP contribution in [-0.4, -0.2) is 0 Å². The van der Waals surface area contributed by atoms with Crippen molar-refractivity contribution in [2.75, 3.05) is 0 Å². The van der Waals surface area contributed by atoms with E-state index < -0.39 is 0 Å². The number of rotatable bonds is 5. The first-order valence-electron chi connectivity index (χ1n) is 7.43. The summed E-state index contributed by atoms with van der Waals surface area (Å²) < 4.78 is 1.30. The molecule has 0 unspecified atom stereocenters. The van der Waals surface area contributed by atoms with E-state index >= 15 is 0 Å². The van der Waals surface area contributed by atoms with Crippen molar-refractivity contribution in [1.29, 1.82) is 0 Å². The zero-order valence-electron chi connectivity index (χ0n) is 13.5. The van der Waals surface area contributed by atoms with Crippen molar-refractivity contribution in [3.63, 3.8) is 0 Å². The minimum absolute atomic E-state index is 1.17. The van der Waals surface area contributed by atoms with E-state index in [1.54, 1.807) is 11.3 Å². The monoisotopic (exact) mass is 306 g/mol. The lowest BCUT2D eigenvalue weighted by Crippen LogP contribution is -1.81. The molecule has 1 aromatic carbocycles. The highest BCUT2D eigenvalue weighted by Gasteiger charge is 2.07. The predicted octanol–water partition coefficient (Wildman–Crippen LogP) is 7.11. The minimum atomic E-state index is 1.17. The standard InChI is InChI=1S/C21H22S/c1-6-10-18-19-12-11-16(13-15(5)17(7-2)8-3)14-21(19)22-20(18)9-4/h6-14H,2,4H2,1,3,5H3/b10-6-,15-13-,17-8+. The Morgan fingerprint density at radius 1 is 1.18 bits per heavy atom. The molecule has 0 spiro atoms. The summed E-state index contributed by atoms with van der Waals surface area (Å²) >= 11 is 1.79. The molecular formula is C21H22S. The molecule has 0 aliphatic rings. The Balaban J connectivity index is 2.54. The summed E-state index contributed by atoms with van der Waals surface area (Å²) in [5, 5.41) is 1.29. The molecule has 1 aromatic heterocycles. The molecule has 0 amide bonds. The van der Waals surface area contributed by atoms with Crippen LogP contribution in [0.4, 0.5) is 0 Å². The summed E-state index contributed by atoms with van der Waals surface area (Å²) in [6.45, 7) is 14.0. The van der Waals surface area contributed by atoms with Gasteiger partial charge in [0.15, 0.2) is 0 Å². The predicted molar refractivity (Wildman–Crippen MR) is 104 cm³/mol. The highest BCUT2D eigenvalue weighted by molar-refractivity contribution is 7.20. The van der Waals surface area contributed by atoms with Crippen LogP contribution in [0.5, 0.6) is 0 Å². The Morgan fingerprint density at radius 3 is 2.55 bits per heavy atom. The Morgan fingerprint density at radius 2 is 1.95 bits per heavy atom. The molecule has 0 aliphatic carbocycles. The van der Waals surface area contributed by atoms with E-state index in [1.165, 1.54) is 37.2 Å². The van der Waals surface area contributed by atoms with Crippen LogP contribution < -0.4 is 0 Å². The molecule has 0 N–H and O–H groups in total. The number of benzene rings is 1. The fraction of sp³-hybridized carbons (Fsp3) is 0.143. The largest absolute Gasteiger partial charge is 0.135 e. The van der Waals surface area contributed by atoms with Gasteiger partial charge in [-0.1, -0.05) is 61.7 Å². The van der Waals surface area contributed by atoms with Crippen LogP contribution >= 0.6 is 11.3 Å². The van der Waals surface area contributed by atoms with Gasteiger partial charge in [-0.25, -0.2) is 0 Å². The van der Waals surface area contributed by atoms with Gasteiger partial charge in [-0.15, -0.1) is 11.3 Å². The van der Waals surface area contributed by atoms with Crippen molar-refractivity contribution in [1.82, 2.24) is 0 Å². The van der Waals surface area contributed by atoms with Crippen LogP contribution in [0.15, 0.2) is 60.7 Å². The summed E-state index contributed by atoms with van der Waals surface area (Å²) in [4.78, 5) is 1.23. The van der Waals surface area contributed by atoms with Crippen LogP contribution in [0, 0.1) is 0 Å². The summed E-state index contributed by atoms with van der Waals surface area (Å²) in [5.74, 6) is 0. The SMILES string of the molecule is C=CC(=C\C)/C(C)=C\c1ccc2c(/C=C\C)c(C=C)sc2c1. The second-order valence-electron chi connectivity index (χ2n) is 5.12. The van der Waals surface area contributed by atoms with E-state index in [4.69, 9.17) is 0 Å². The van der Waals surface area contributed by atoms with Gasteiger partial charge in [-0.05, 0) is 49.1 Å². The lowest BCUT2D eigenvalue weighted by atomic mass is 10.0. The zero-order chi connectivity index (χ0) is 16.1. The average molecular weight is 306 g/mol. The van der Waals surface area contributed by atoms with Gasteiger partial charge in [0.05, 0.1) is 0 Å². The Hall–Kier alpha value is -2.12. The molecule has 112 valence electrons. The summed E-state index contributed by atoms with van der Waals surface area (Å²) in [6, 6.07) is 6.63. The van der Waals surface area contributed by atoms with Gasteiger partial charge in [0.1, 0.15) is 0 Å². The number of allylic oxidation sites excluding steroid dienone is 5. The van der Waals surface area contributed by atoms with E-state index in [0.29, 0.717) is 0 Å². The Labute approximate surface area is 137 Å². The molecule has 0 radical (unpaired) electrons. The molecule has 2 aromatic rings. The molecule has 0 aliphatic heterocycles. The first kappa shape index (κ1) is 16.3. The Kier molecular flexibility index (Phi) is 5.35. The molecule has 1 heteroatoms. The van der Waals surface area contributed by atoms with E-state index in [-0.39, 0.29) is 0 Å². The van der Waals surface area contributed by atoms with Gasteiger partial charge in [0.25, 0.3) is 0 Å². The van der Waals surface area contributed by atoms with Crippen molar-refractivity contribution in [2.45, 2.75) is 20.8 Å². The number of hydrogen-bond acceptors (Lipinski definition) is 1. The van der Waals surface area contributed by atoms with E-state index in [9.17, 15) is 0 Å². The summed E-state index contributed by atoms with van der Waals surface area (Å²) in [7, 11) is 0. The molecular weight excluding hydrogens is 284 g/mol. The zero-order valence-corrected chi connectivity index (χ0v) is 14.3. The molecule has 2 rings (SSSR count). The van der Waals surface area contributed by atoms with Gasteiger partial charge >= 0.3 is 0 Å².